The number of carboxylic acids is 1. The van der Waals surface area contributed by atoms with Gasteiger partial charge >= 0.3 is 5.97 Å². The smallest absolute Gasteiger partial charge is 0.339 e. The second kappa shape index (κ2) is 4.93. The van der Waals surface area contributed by atoms with E-state index in [-0.39, 0.29) is 11.3 Å². The van der Waals surface area contributed by atoms with Gasteiger partial charge in [0.1, 0.15) is 11.3 Å². The minimum atomic E-state index is -1.06. The van der Waals surface area contributed by atoms with Crippen molar-refractivity contribution >= 4 is 21.9 Å². The molecule has 100 valence electrons. The van der Waals surface area contributed by atoms with Crippen LogP contribution in [0.4, 0.5) is 0 Å². The van der Waals surface area contributed by atoms with Gasteiger partial charge in [0.05, 0.1) is 5.69 Å². The van der Waals surface area contributed by atoms with Gasteiger partial charge in [0, 0.05) is 18.6 Å². The second-order valence-corrected chi connectivity index (χ2v) is 4.73. The molecule has 20 heavy (non-hydrogen) atoms. The zero-order valence-electron chi connectivity index (χ0n) is 10.0. The average Bonchev–Trinajstić information content (AvgIpc) is 3.05. The van der Waals surface area contributed by atoms with E-state index in [9.17, 15) is 9.90 Å². The molecule has 3 aromatic rings. The van der Waals surface area contributed by atoms with Crippen LogP contribution in [0.15, 0.2) is 51.9 Å². The first-order chi connectivity index (χ1) is 9.65. The first kappa shape index (κ1) is 12.6. The molecule has 0 saturated heterocycles. The fourth-order valence-corrected chi connectivity index (χ4v) is 2.09. The highest BCUT2D eigenvalue weighted by Gasteiger charge is 2.20. The first-order valence-corrected chi connectivity index (χ1v) is 6.43. The Hall–Kier alpha value is -2.41. The number of hydrogen-bond donors (Lipinski definition) is 1. The van der Waals surface area contributed by atoms with Crippen LogP contribution in [0.3, 0.4) is 0 Å². The van der Waals surface area contributed by atoms with Crippen molar-refractivity contribution in [3.63, 3.8) is 0 Å². The Morgan fingerprint density at radius 3 is 2.60 bits per heavy atom. The molecule has 1 N–H and O–H groups in total. The number of furan rings is 1. The van der Waals surface area contributed by atoms with E-state index in [1.165, 1.54) is 10.9 Å². The third-order valence-corrected chi connectivity index (χ3v) is 3.10. The molecule has 7 heteroatoms. The molecule has 0 spiro atoms. The maximum absolute atomic E-state index is 11.3. The topological polar surface area (TPSA) is 81.1 Å². The lowest BCUT2D eigenvalue weighted by Crippen LogP contribution is -1.96. The van der Waals surface area contributed by atoms with E-state index in [2.05, 4.69) is 26.0 Å². The standard InChI is InChI=1S/C13H8BrN3O3/c14-11-2-1-10(20-11)12-9(13(18)19)7-17(16-12)8-3-5-15-6-4-8/h1-7H,(H,18,19). The van der Waals surface area contributed by atoms with Gasteiger partial charge in [-0.05, 0) is 40.2 Å². The van der Waals surface area contributed by atoms with Crippen LogP contribution in [0.1, 0.15) is 10.4 Å². The van der Waals surface area contributed by atoms with E-state index in [1.54, 1.807) is 36.7 Å². The van der Waals surface area contributed by atoms with Gasteiger partial charge < -0.3 is 9.52 Å². The lowest BCUT2D eigenvalue weighted by molar-refractivity contribution is 0.0697. The number of nitrogens with zero attached hydrogens (tertiary/aromatic N) is 3. The van der Waals surface area contributed by atoms with Crippen LogP contribution in [-0.4, -0.2) is 25.8 Å². The summed E-state index contributed by atoms with van der Waals surface area (Å²) >= 11 is 3.19. The molecule has 0 aliphatic rings. The minimum Gasteiger partial charge on any atom is -0.478 e. The van der Waals surface area contributed by atoms with Gasteiger partial charge in [0.25, 0.3) is 0 Å². The van der Waals surface area contributed by atoms with Crippen molar-refractivity contribution in [1.29, 1.82) is 0 Å². The van der Waals surface area contributed by atoms with Gasteiger partial charge in [-0.1, -0.05) is 0 Å². The van der Waals surface area contributed by atoms with Crippen LogP contribution in [0.5, 0.6) is 0 Å². The molecule has 0 radical (unpaired) electrons. The third-order valence-electron chi connectivity index (χ3n) is 2.68. The van der Waals surface area contributed by atoms with E-state index >= 15 is 0 Å². The first-order valence-electron chi connectivity index (χ1n) is 5.64. The molecule has 0 saturated carbocycles. The molecule has 3 heterocycles. The minimum absolute atomic E-state index is 0.0728. The summed E-state index contributed by atoms with van der Waals surface area (Å²) in [6.45, 7) is 0. The lowest BCUT2D eigenvalue weighted by Gasteiger charge is -1.98. The number of hydrogen-bond acceptors (Lipinski definition) is 4. The Labute approximate surface area is 121 Å². The molecule has 3 aromatic heterocycles. The monoisotopic (exact) mass is 333 g/mol. The summed E-state index contributed by atoms with van der Waals surface area (Å²) in [6, 6.07) is 6.82. The molecule has 0 bridgehead atoms. The van der Waals surface area contributed by atoms with Crippen LogP contribution < -0.4 is 0 Å². The highest BCUT2D eigenvalue weighted by atomic mass is 79.9. The van der Waals surface area contributed by atoms with Crippen molar-refractivity contribution in [2.75, 3.05) is 0 Å². The van der Waals surface area contributed by atoms with Crippen LogP contribution >= 0.6 is 15.9 Å². The van der Waals surface area contributed by atoms with E-state index in [0.717, 1.165) is 5.69 Å². The summed E-state index contributed by atoms with van der Waals surface area (Å²) in [5.41, 5.74) is 1.07. The summed E-state index contributed by atoms with van der Waals surface area (Å²) in [6.07, 6.45) is 4.67. The number of halogens is 1. The number of aromatic carboxylic acids is 1. The predicted molar refractivity (Wildman–Crippen MR) is 73.7 cm³/mol. The molecular weight excluding hydrogens is 326 g/mol. The Bertz CT molecular complexity index is 764. The van der Waals surface area contributed by atoms with Gasteiger partial charge in [-0.2, -0.15) is 5.10 Å². The molecule has 0 unspecified atom stereocenters. The average molecular weight is 334 g/mol. The van der Waals surface area contributed by atoms with Crippen molar-refractivity contribution in [2.24, 2.45) is 0 Å². The molecular formula is C13H8BrN3O3. The SMILES string of the molecule is O=C(O)c1cn(-c2ccncc2)nc1-c1ccc(Br)o1. The summed E-state index contributed by atoms with van der Waals surface area (Å²) in [7, 11) is 0. The second-order valence-electron chi connectivity index (χ2n) is 3.95. The van der Waals surface area contributed by atoms with Gasteiger partial charge in [-0.25, -0.2) is 9.48 Å². The molecule has 0 aromatic carbocycles. The quantitative estimate of drug-likeness (QED) is 0.796. The number of pyridine rings is 1. The molecule has 0 fully saturated rings. The Kier molecular flexibility index (Phi) is 3.11. The van der Waals surface area contributed by atoms with Crippen LogP contribution in [0.25, 0.3) is 17.1 Å². The zero-order valence-corrected chi connectivity index (χ0v) is 11.6. The summed E-state index contributed by atoms with van der Waals surface area (Å²) < 4.78 is 7.37. The van der Waals surface area contributed by atoms with Gasteiger partial charge in [-0.15, -0.1) is 0 Å². The number of carboxylic acid groups (broad SMARTS) is 1. The Morgan fingerprint density at radius 1 is 1.25 bits per heavy atom. The lowest BCUT2D eigenvalue weighted by atomic mass is 10.2. The van der Waals surface area contributed by atoms with E-state index < -0.39 is 5.97 Å². The fourth-order valence-electron chi connectivity index (χ4n) is 1.78. The molecule has 0 aliphatic carbocycles. The molecule has 0 amide bonds. The van der Waals surface area contributed by atoms with Crippen molar-refractivity contribution in [3.8, 4) is 17.1 Å². The Balaban J connectivity index is 2.15. The Morgan fingerprint density at radius 2 is 2.00 bits per heavy atom. The van der Waals surface area contributed by atoms with E-state index in [4.69, 9.17) is 4.42 Å². The van der Waals surface area contributed by atoms with Gasteiger partial charge in [-0.3, -0.25) is 4.98 Å². The highest BCUT2D eigenvalue weighted by Crippen LogP contribution is 2.27. The molecule has 6 nitrogen and oxygen atoms in total. The number of aromatic nitrogens is 3. The fraction of sp³-hybridized carbons (Fsp3) is 0. The summed E-state index contributed by atoms with van der Waals surface area (Å²) in [5, 5.41) is 13.6. The summed E-state index contributed by atoms with van der Waals surface area (Å²) in [5.74, 6) is -0.671. The number of carbonyl (C=O) groups is 1. The zero-order chi connectivity index (χ0) is 14.1. The molecule has 0 atom stereocenters. The van der Waals surface area contributed by atoms with Gasteiger partial charge in [0.15, 0.2) is 10.4 Å². The summed E-state index contributed by atoms with van der Waals surface area (Å²) in [4.78, 5) is 15.2. The van der Waals surface area contributed by atoms with Crippen molar-refractivity contribution in [2.45, 2.75) is 0 Å². The molecule has 3 rings (SSSR count). The van der Waals surface area contributed by atoms with Crippen molar-refractivity contribution in [1.82, 2.24) is 14.8 Å². The maximum Gasteiger partial charge on any atom is 0.339 e. The van der Waals surface area contributed by atoms with Gasteiger partial charge in [0.2, 0.25) is 0 Å². The highest BCUT2D eigenvalue weighted by molar-refractivity contribution is 9.10. The van der Waals surface area contributed by atoms with E-state index in [0.29, 0.717) is 10.4 Å². The predicted octanol–water partition coefficient (Wildman–Crippen LogP) is 2.99. The van der Waals surface area contributed by atoms with Crippen LogP contribution in [0, 0.1) is 0 Å². The normalized spacial score (nSPS) is 10.7. The van der Waals surface area contributed by atoms with E-state index in [1.807, 2.05) is 0 Å². The maximum atomic E-state index is 11.3. The van der Waals surface area contributed by atoms with Crippen molar-refractivity contribution < 1.29 is 14.3 Å². The van der Waals surface area contributed by atoms with Crippen LogP contribution in [-0.2, 0) is 0 Å². The molecule has 0 aliphatic heterocycles. The van der Waals surface area contributed by atoms with Crippen LogP contribution in [0.2, 0.25) is 0 Å². The number of rotatable bonds is 3. The van der Waals surface area contributed by atoms with Crippen molar-refractivity contribution in [3.05, 3.63) is 53.1 Å². The largest absolute Gasteiger partial charge is 0.478 e. The third kappa shape index (κ3) is 2.23.